The van der Waals surface area contributed by atoms with Gasteiger partial charge in [-0.25, -0.2) is 4.98 Å². The van der Waals surface area contributed by atoms with Crippen LogP contribution in [0.4, 0.5) is 0 Å². The van der Waals surface area contributed by atoms with Crippen molar-refractivity contribution in [3.05, 3.63) is 11.6 Å². The molecule has 1 N–H and O–H groups in total. The Balaban J connectivity index is 2.56. The highest BCUT2D eigenvalue weighted by Gasteiger charge is 2.18. The fraction of sp³-hybridized carbons (Fsp3) is 0.750. The zero-order valence-electron chi connectivity index (χ0n) is 11.6. The first-order valence-corrected chi connectivity index (χ1v) is 6.36. The third-order valence-corrected chi connectivity index (χ3v) is 2.61. The Hall–Kier alpha value is -1.43. The topological polar surface area (TPSA) is 69.0 Å². The molecule has 0 aliphatic carbocycles. The van der Waals surface area contributed by atoms with E-state index in [2.05, 4.69) is 15.4 Å². The molecule has 6 nitrogen and oxygen atoms in total. The van der Waals surface area contributed by atoms with Crippen LogP contribution in [-0.4, -0.2) is 39.9 Å². The van der Waals surface area contributed by atoms with Gasteiger partial charge in [0.15, 0.2) is 0 Å². The maximum absolute atomic E-state index is 11.7. The van der Waals surface area contributed by atoms with Gasteiger partial charge in [-0.2, -0.15) is 5.10 Å². The number of carbonyl (C=O) groups excluding carboxylic acids is 1. The lowest BCUT2D eigenvalue weighted by molar-refractivity contribution is -0.145. The number of rotatable bonds is 7. The number of nitrogens with one attached hydrogen (secondary N) is 1. The lowest BCUT2D eigenvalue weighted by Crippen LogP contribution is -2.39. The predicted octanol–water partition coefficient (Wildman–Crippen LogP) is 0.826. The number of nitrogens with zero attached hydrogens (tertiary/aromatic N) is 3. The van der Waals surface area contributed by atoms with Gasteiger partial charge in [0, 0.05) is 6.54 Å². The van der Waals surface area contributed by atoms with Crippen molar-refractivity contribution in [2.24, 2.45) is 0 Å². The van der Waals surface area contributed by atoms with Gasteiger partial charge in [0.05, 0.1) is 6.61 Å². The molecule has 0 amide bonds. The summed E-state index contributed by atoms with van der Waals surface area (Å²) in [6.07, 6.45) is 0.649. The van der Waals surface area contributed by atoms with Gasteiger partial charge in [0.2, 0.25) is 0 Å². The molecular weight excluding hydrogens is 232 g/mol. The first-order valence-electron chi connectivity index (χ1n) is 6.36. The standard InChI is InChI=1S/C12H22N4O2/c1-5-13-11(12(17)18-6-2)7-8-16-10(4)14-9(3)15-16/h11,13H,5-8H2,1-4H3. The van der Waals surface area contributed by atoms with Gasteiger partial charge in [-0.05, 0) is 33.7 Å². The molecule has 0 radical (unpaired) electrons. The summed E-state index contributed by atoms with van der Waals surface area (Å²) < 4.78 is 6.85. The van der Waals surface area contributed by atoms with Crippen molar-refractivity contribution in [1.82, 2.24) is 20.1 Å². The molecular formula is C12H22N4O2. The molecule has 1 atom stereocenters. The second-order valence-electron chi connectivity index (χ2n) is 4.08. The van der Waals surface area contributed by atoms with Crippen LogP contribution in [0.3, 0.4) is 0 Å². The molecule has 1 aromatic rings. The van der Waals surface area contributed by atoms with E-state index < -0.39 is 0 Å². The second kappa shape index (κ2) is 7.10. The molecule has 0 aliphatic heterocycles. The molecule has 0 fully saturated rings. The molecule has 1 heterocycles. The third kappa shape index (κ3) is 4.10. The SMILES string of the molecule is CCNC(CCn1nc(C)nc1C)C(=O)OCC. The first kappa shape index (κ1) is 14.6. The van der Waals surface area contributed by atoms with Crippen molar-refractivity contribution in [2.45, 2.75) is 46.7 Å². The first-order chi connectivity index (χ1) is 8.58. The van der Waals surface area contributed by atoms with Crippen molar-refractivity contribution in [3.8, 4) is 0 Å². The van der Waals surface area contributed by atoms with Crippen LogP contribution in [0, 0.1) is 13.8 Å². The van der Waals surface area contributed by atoms with Gasteiger partial charge < -0.3 is 10.1 Å². The molecule has 1 aromatic heterocycles. The van der Waals surface area contributed by atoms with Crippen LogP contribution >= 0.6 is 0 Å². The average Bonchev–Trinajstić information content (AvgIpc) is 2.63. The molecule has 102 valence electrons. The van der Waals surface area contributed by atoms with Crippen molar-refractivity contribution in [1.29, 1.82) is 0 Å². The minimum atomic E-state index is -0.279. The fourth-order valence-electron chi connectivity index (χ4n) is 1.82. The third-order valence-electron chi connectivity index (χ3n) is 2.61. The summed E-state index contributed by atoms with van der Waals surface area (Å²) >= 11 is 0. The van der Waals surface area contributed by atoms with E-state index in [1.54, 1.807) is 0 Å². The van der Waals surface area contributed by atoms with Gasteiger partial charge in [-0.1, -0.05) is 6.92 Å². The summed E-state index contributed by atoms with van der Waals surface area (Å²) in [6, 6.07) is -0.279. The van der Waals surface area contributed by atoms with Crippen LogP contribution in [0.5, 0.6) is 0 Å². The Kier molecular flexibility index (Phi) is 5.77. The van der Waals surface area contributed by atoms with Crippen molar-refractivity contribution < 1.29 is 9.53 Å². The number of aryl methyl sites for hydroxylation is 3. The Morgan fingerprint density at radius 3 is 2.67 bits per heavy atom. The monoisotopic (exact) mass is 254 g/mol. The van der Waals surface area contributed by atoms with E-state index in [1.165, 1.54) is 0 Å². The van der Waals surface area contributed by atoms with Crippen LogP contribution in [-0.2, 0) is 16.1 Å². The van der Waals surface area contributed by atoms with Crippen LogP contribution in [0.15, 0.2) is 0 Å². The largest absolute Gasteiger partial charge is 0.465 e. The Bertz CT molecular complexity index is 389. The summed E-state index contributed by atoms with van der Waals surface area (Å²) in [7, 11) is 0. The van der Waals surface area contributed by atoms with E-state index in [0.717, 1.165) is 18.2 Å². The molecule has 0 saturated heterocycles. The van der Waals surface area contributed by atoms with Crippen molar-refractivity contribution >= 4 is 5.97 Å². The highest BCUT2D eigenvalue weighted by molar-refractivity contribution is 5.75. The number of esters is 1. The smallest absolute Gasteiger partial charge is 0.323 e. The molecule has 0 bridgehead atoms. The number of hydrogen-bond acceptors (Lipinski definition) is 5. The van der Waals surface area contributed by atoms with E-state index in [-0.39, 0.29) is 12.0 Å². The molecule has 1 unspecified atom stereocenters. The van der Waals surface area contributed by atoms with Crippen molar-refractivity contribution in [3.63, 3.8) is 0 Å². The number of carbonyl (C=O) groups is 1. The summed E-state index contributed by atoms with van der Waals surface area (Å²) in [4.78, 5) is 15.9. The van der Waals surface area contributed by atoms with Crippen LogP contribution in [0.1, 0.15) is 31.9 Å². The number of ether oxygens (including phenoxy) is 1. The average molecular weight is 254 g/mol. The van der Waals surface area contributed by atoms with Gasteiger partial charge >= 0.3 is 5.97 Å². The normalized spacial score (nSPS) is 12.4. The quantitative estimate of drug-likeness (QED) is 0.730. The summed E-state index contributed by atoms with van der Waals surface area (Å²) in [5.74, 6) is 1.42. The van der Waals surface area contributed by atoms with E-state index in [9.17, 15) is 4.79 Å². The molecule has 0 aromatic carbocycles. The number of hydrogen-bond donors (Lipinski definition) is 1. The fourth-order valence-corrected chi connectivity index (χ4v) is 1.82. The van der Waals surface area contributed by atoms with Crippen LogP contribution < -0.4 is 5.32 Å². The zero-order valence-corrected chi connectivity index (χ0v) is 11.6. The van der Waals surface area contributed by atoms with Gasteiger partial charge in [0.25, 0.3) is 0 Å². The number of likely N-dealkylation sites (N-methyl/N-ethyl adjacent to an activating group) is 1. The lowest BCUT2D eigenvalue weighted by atomic mass is 10.2. The van der Waals surface area contributed by atoms with E-state index in [4.69, 9.17) is 4.74 Å². The summed E-state index contributed by atoms with van der Waals surface area (Å²) in [5.41, 5.74) is 0. The van der Waals surface area contributed by atoms with Crippen molar-refractivity contribution in [2.75, 3.05) is 13.2 Å². The second-order valence-corrected chi connectivity index (χ2v) is 4.08. The molecule has 0 saturated carbocycles. The van der Waals surface area contributed by atoms with E-state index in [0.29, 0.717) is 19.6 Å². The van der Waals surface area contributed by atoms with Gasteiger partial charge in [-0.15, -0.1) is 0 Å². The Morgan fingerprint density at radius 1 is 1.44 bits per heavy atom. The molecule has 0 spiro atoms. The molecule has 1 rings (SSSR count). The molecule has 6 heteroatoms. The summed E-state index contributed by atoms with van der Waals surface area (Å²) in [5, 5.41) is 7.40. The van der Waals surface area contributed by atoms with Crippen LogP contribution in [0.25, 0.3) is 0 Å². The van der Waals surface area contributed by atoms with Gasteiger partial charge in [0.1, 0.15) is 17.7 Å². The Labute approximate surface area is 108 Å². The van der Waals surface area contributed by atoms with E-state index >= 15 is 0 Å². The highest BCUT2D eigenvalue weighted by Crippen LogP contribution is 2.02. The lowest BCUT2D eigenvalue weighted by Gasteiger charge is -2.16. The maximum Gasteiger partial charge on any atom is 0.323 e. The molecule has 18 heavy (non-hydrogen) atoms. The Morgan fingerprint density at radius 2 is 2.17 bits per heavy atom. The maximum atomic E-state index is 11.7. The minimum Gasteiger partial charge on any atom is -0.465 e. The highest BCUT2D eigenvalue weighted by atomic mass is 16.5. The minimum absolute atomic E-state index is 0.200. The zero-order chi connectivity index (χ0) is 13.5. The summed E-state index contributed by atoms with van der Waals surface area (Å²) in [6.45, 7) is 9.34. The van der Waals surface area contributed by atoms with E-state index in [1.807, 2.05) is 32.4 Å². The van der Waals surface area contributed by atoms with Gasteiger partial charge in [-0.3, -0.25) is 9.48 Å². The predicted molar refractivity (Wildman–Crippen MR) is 68.2 cm³/mol. The van der Waals surface area contributed by atoms with Crippen LogP contribution in [0.2, 0.25) is 0 Å². The number of aromatic nitrogens is 3. The molecule has 0 aliphatic rings.